The van der Waals surface area contributed by atoms with E-state index in [4.69, 9.17) is 0 Å². The number of benzene rings is 1. The van der Waals surface area contributed by atoms with Crippen molar-refractivity contribution in [3.8, 4) is 0 Å². The molecule has 19 heavy (non-hydrogen) atoms. The fraction of sp³-hybridized carbons (Fsp3) is 0.625. The van der Waals surface area contributed by atoms with Crippen molar-refractivity contribution in [1.29, 1.82) is 0 Å². The molecule has 3 heteroatoms. The van der Waals surface area contributed by atoms with Crippen molar-refractivity contribution in [3.05, 3.63) is 29.6 Å². The van der Waals surface area contributed by atoms with E-state index in [1.165, 1.54) is 0 Å². The second-order valence-corrected chi connectivity index (χ2v) is 5.96. The van der Waals surface area contributed by atoms with Crippen molar-refractivity contribution in [2.45, 2.75) is 34.2 Å². The Labute approximate surface area is 117 Å². The lowest BCUT2D eigenvalue weighted by Gasteiger charge is -2.30. The van der Waals surface area contributed by atoms with E-state index < -0.39 is 0 Å². The van der Waals surface area contributed by atoms with E-state index in [1.807, 2.05) is 13.1 Å². The van der Waals surface area contributed by atoms with Crippen LogP contribution in [0, 0.1) is 17.7 Å². The maximum absolute atomic E-state index is 14.0. The van der Waals surface area contributed by atoms with Crippen molar-refractivity contribution in [2.24, 2.45) is 11.8 Å². The molecule has 108 valence electrons. The highest BCUT2D eigenvalue weighted by Crippen LogP contribution is 2.25. The standard InChI is InChI=1S/C16H27FN2/c1-12(2)10-19(11-13(3)4)16-8-6-7-15(17)14(16)9-18-5/h6-8,12-13,18H,9-11H2,1-5H3. The van der Waals surface area contributed by atoms with Crippen LogP contribution in [0.4, 0.5) is 10.1 Å². The summed E-state index contributed by atoms with van der Waals surface area (Å²) in [5.41, 5.74) is 1.79. The average Bonchev–Trinajstić information content (AvgIpc) is 2.30. The molecule has 2 nitrogen and oxygen atoms in total. The first-order valence-electron chi connectivity index (χ1n) is 7.12. The molecule has 0 saturated heterocycles. The Hall–Kier alpha value is -1.09. The predicted molar refractivity (Wildman–Crippen MR) is 81.1 cm³/mol. The Balaban J connectivity index is 3.09. The zero-order valence-electron chi connectivity index (χ0n) is 12.8. The Morgan fingerprint density at radius 1 is 1.11 bits per heavy atom. The molecule has 0 saturated carbocycles. The van der Waals surface area contributed by atoms with Gasteiger partial charge in [-0.25, -0.2) is 4.39 Å². The Kier molecular flexibility index (Phi) is 6.29. The van der Waals surface area contributed by atoms with Crippen LogP contribution >= 0.6 is 0 Å². The number of anilines is 1. The highest BCUT2D eigenvalue weighted by Gasteiger charge is 2.16. The average molecular weight is 266 g/mol. The molecule has 0 radical (unpaired) electrons. The number of nitrogens with zero attached hydrogens (tertiary/aromatic N) is 1. The first-order chi connectivity index (χ1) is 8.95. The van der Waals surface area contributed by atoms with Crippen LogP contribution in [0.15, 0.2) is 18.2 Å². The lowest BCUT2D eigenvalue weighted by atomic mass is 10.1. The van der Waals surface area contributed by atoms with Gasteiger partial charge in [0.25, 0.3) is 0 Å². The van der Waals surface area contributed by atoms with E-state index in [9.17, 15) is 4.39 Å². The molecule has 0 aliphatic heterocycles. The van der Waals surface area contributed by atoms with Gasteiger partial charge in [-0.2, -0.15) is 0 Å². The van der Waals surface area contributed by atoms with Gasteiger partial charge in [0.2, 0.25) is 0 Å². The molecule has 1 N–H and O–H groups in total. The highest BCUT2D eigenvalue weighted by molar-refractivity contribution is 5.54. The molecular weight excluding hydrogens is 239 g/mol. The lowest BCUT2D eigenvalue weighted by Crippen LogP contribution is -2.32. The van der Waals surface area contributed by atoms with Gasteiger partial charge in [0.05, 0.1) is 0 Å². The minimum absolute atomic E-state index is 0.121. The van der Waals surface area contributed by atoms with E-state index in [0.29, 0.717) is 18.4 Å². The van der Waals surface area contributed by atoms with Crippen molar-refractivity contribution in [2.75, 3.05) is 25.0 Å². The van der Waals surface area contributed by atoms with E-state index in [0.717, 1.165) is 24.3 Å². The van der Waals surface area contributed by atoms with Gasteiger partial charge in [0, 0.05) is 30.9 Å². The van der Waals surface area contributed by atoms with Crippen LogP contribution in [-0.4, -0.2) is 20.1 Å². The fourth-order valence-corrected chi connectivity index (χ4v) is 2.35. The van der Waals surface area contributed by atoms with Crippen LogP contribution < -0.4 is 10.2 Å². The minimum atomic E-state index is -0.121. The molecule has 0 unspecified atom stereocenters. The summed E-state index contributed by atoms with van der Waals surface area (Å²) in [5, 5.41) is 3.06. The third-order valence-corrected chi connectivity index (χ3v) is 2.96. The number of hydrogen-bond donors (Lipinski definition) is 1. The van der Waals surface area contributed by atoms with Gasteiger partial charge in [-0.05, 0) is 31.0 Å². The molecule has 1 aromatic carbocycles. The summed E-state index contributed by atoms with van der Waals surface area (Å²) in [5.74, 6) is 0.998. The van der Waals surface area contributed by atoms with Crippen LogP contribution in [0.1, 0.15) is 33.3 Å². The third kappa shape index (κ3) is 4.83. The van der Waals surface area contributed by atoms with Gasteiger partial charge in [-0.3, -0.25) is 0 Å². The van der Waals surface area contributed by atoms with Crippen molar-refractivity contribution < 1.29 is 4.39 Å². The topological polar surface area (TPSA) is 15.3 Å². The normalized spacial score (nSPS) is 11.4. The number of nitrogens with one attached hydrogen (secondary N) is 1. The Morgan fingerprint density at radius 3 is 2.16 bits per heavy atom. The highest BCUT2D eigenvalue weighted by atomic mass is 19.1. The van der Waals surface area contributed by atoms with Crippen LogP contribution in [0.5, 0.6) is 0 Å². The maximum atomic E-state index is 14.0. The molecule has 0 spiro atoms. The zero-order valence-corrected chi connectivity index (χ0v) is 12.8. The van der Waals surface area contributed by atoms with Crippen molar-refractivity contribution in [3.63, 3.8) is 0 Å². The summed E-state index contributed by atoms with van der Waals surface area (Å²) in [6.45, 7) is 11.3. The summed E-state index contributed by atoms with van der Waals surface area (Å²) in [7, 11) is 1.85. The molecule has 0 fully saturated rings. The molecular formula is C16H27FN2. The number of halogens is 1. The monoisotopic (exact) mass is 266 g/mol. The second-order valence-electron chi connectivity index (χ2n) is 5.96. The largest absolute Gasteiger partial charge is 0.371 e. The Bertz CT molecular complexity index is 378. The number of hydrogen-bond acceptors (Lipinski definition) is 2. The quantitative estimate of drug-likeness (QED) is 0.810. The maximum Gasteiger partial charge on any atom is 0.129 e. The van der Waals surface area contributed by atoms with E-state index in [1.54, 1.807) is 12.1 Å². The van der Waals surface area contributed by atoms with Crippen molar-refractivity contribution >= 4 is 5.69 Å². The molecule has 0 heterocycles. The van der Waals surface area contributed by atoms with Gasteiger partial charge in [-0.1, -0.05) is 33.8 Å². The van der Waals surface area contributed by atoms with Gasteiger partial charge in [0.1, 0.15) is 5.82 Å². The Morgan fingerprint density at radius 2 is 1.68 bits per heavy atom. The molecule has 0 atom stereocenters. The van der Waals surface area contributed by atoms with Gasteiger partial charge >= 0.3 is 0 Å². The third-order valence-electron chi connectivity index (χ3n) is 2.96. The first kappa shape index (κ1) is 16.0. The molecule has 0 aliphatic carbocycles. The molecule has 0 amide bonds. The summed E-state index contributed by atoms with van der Waals surface area (Å²) >= 11 is 0. The van der Waals surface area contributed by atoms with Crippen molar-refractivity contribution in [1.82, 2.24) is 5.32 Å². The van der Waals surface area contributed by atoms with Crippen LogP contribution in [0.25, 0.3) is 0 Å². The van der Waals surface area contributed by atoms with Gasteiger partial charge in [-0.15, -0.1) is 0 Å². The summed E-state index contributed by atoms with van der Waals surface area (Å²) < 4.78 is 14.0. The van der Waals surface area contributed by atoms with E-state index >= 15 is 0 Å². The SMILES string of the molecule is CNCc1c(F)cccc1N(CC(C)C)CC(C)C. The lowest BCUT2D eigenvalue weighted by molar-refractivity contribution is 0.545. The van der Waals surface area contributed by atoms with Crippen LogP contribution in [-0.2, 0) is 6.54 Å². The molecule has 1 aromatic rings. The first-order valence-corrected chi connectivity index (χ1v) is 7.12. The molecule has 1 rings (SSSR count). The van der Waals surface area contributed by atoms with E-state index in [2.05, 4.69) is 37.9 Å². The fourth-order valence-electron chi connectivity index (χ4n) is 2.35. The summed E-state index contributed by atoms with van der Waals surface area (Å²) in [6.07, 6.45) is 0. The molecule has 0 aromatic heterocycles. The smallest absolute Gasteiger partial charge is 0.129 e. The second kappa shape index (κ2) is 7.49. The van der Waals surface area contributed by atoms with Gasteiger partial charge in [0.15, 0.2) is 0 Å². The summed E-state index contributed by atoms with van der Waals surface area (Å²) in [6, 6.07) is 5.37. The van der Waals surface area contributed by atoms with Crippen LogP contribution in [0.3, 0.4) is 0 Å². The van der Waals surface area contributed by atoms with Crippen LogP contribution in [0.2, 0.25) is 0 Å². The number of rotatable bonds is 7. The van der Waals surface area contributed by atoms with E-state index in [-0.39, 0.29) is 5.82 Å². The molecule has 0 bridgehead atoms. The predicted octanol–water partition coefficient (Wildman–Crippen LogP) is 3.66. The summed E-state index contributed by atoms with van der Waals surface area (Å²) in [4.78, 5) is 2.31. The minimum Gasteiger partial charge on any atom is -0.371 e. The zero-order chi connectivity index (χ0) is 14.4. The molecule has 0 aliphatic rings. The van der Waals surface area contributed by atoms with Gasteiger partial charge < -0.3 is 10.2 Å².